The van der Waals surface area contributed by atoms with Gasteiger partial charge in [0.15, 0.2) is 5.82 Å². The number of halogens is 1. The minimum Gasteiger partial charge on any atom is -0.381 e. The summed E-state index contributed by atoms with van der Waals surface area (Å²) in [5, 5.41) is 3.98. The Balaban J connectivity index is 2.32. The van der Waals surface area contributed by atoms with Crippen LogP contribution in [0, 0.1) is 0 Å². The fourth-order valence-corrected chi connectivity index (χ4v) is 1.97. The highest BCUT2D eigenvalue weighted by Crippen LogP contribution is 2.16. The monoisotopic (exact) mass is 297 g/mol. The van der Waals surface area contributed by atoms with Gasteiger partial charge in [-0.1, -0.05) is 0 Å². The zero-order valence-corrected chi connectivity index (χ0v) is 10.3. The summed E-state index contributed by atoms with van der Waals surface area (Å²) in [7, 11) is -3.85. The molecule has 0 saturated heterocycles. The quantitative estimate of drug-likeness (QED) is 0.621. The van der Waals surface area contributed by atoms with E-state index in [-0.39, 0.29) is 5.75 Å². The average Bonchev–Trinajstić information content (AvgIpc) is 2.39. The third kappa shape index (κ3) is 4.63. The molecule has 0 saturated carbocycles. The Labute approximate surface area is 96.3 Å². The first kappa shape index (κ1) is 12.5. The highest BCUT2D eigenvalue weighted by molar-refractivity contribution is 9.10. The predicted molar refractivity (Wildman–Crippen MR) is 60.0 cm³/mol. The molecule has 0 unspecified atom stereocenters. The van der Waals surface area contributed by atoms with Gasteiger partial charge in [0.2, 0.25) is 0 Å². The molecule has 6 nitrogen and oxygen atoms in total. The second kappa shape index (κ2) is 4.95. The van der Waals surface area contributed by atoms with Crippen molar-refractivity contribution in [2.75, 3.05) is 11.5 Å². The molecule has 0 spiro atoms. The van der Waals surface area contributed by atoms with Crippen molar-refractivity contribution in [2.45, 2.75) is 19.4 Å². The maximum atomic E-state index is 10.4. The van der Waals surface area contributed by atoms with Gasteiger partial charge < -0.3 is 5.73 Å². The largest absolute Gasteiger partial charge is 0.381 e. The molecule has 0 fully saturated rings. The van der Waals surface area contributed by atoms with Crippen LogP contribution in [-0.2, 0) is 16.7 Å². The first-order valence-electron chi connectivity index (χ1n) is 4.32. The zero-order chi connectivity index (χ0) is 11.5. The van der Waals surface area contributed by atoms with Crippen LogP contribution in [-0.4, -0.2) is 28.5 Å². The topological polar surface area (TPSA) is 98.2 Å². The lowest BCUT2D eigenvalue weighted by atomic mass is 10.3. The Morgan fingerprint density at radius 2 is 2.20 bits per heavy atom. The van der Waals surface area contributed by atoms with Crippen molar-refractivity contribution in [2.24, 2.45) is 0 Å². The molecule has 8 heteroatoms. The molecule has 0 atom stereocenters. The summed E-state index contributed by atoms with van der Waals surface area (Å²) in [5.41, 5.74) is 5.50. The lowest BCUT2D eigenvalue weighted by Crippen LogP contribution is -2.06. The molecule has 0 aliphatic carbocycles. The molecule has 0 aliphatic rings. The maximum absolute atomic E-state index is 10.4. The standard InChI is InChI=1S/C7H12BrN3O3S/c8-6-5-11(10-7(6)9)3-1-2-4-15(12,13)14/h5H,1-4H2,(H2,9,10)(H,12,13,14). The van der Waals surface area contributed by atoms with Gasteiger partial charge in [0.1, 0.15) is 0 Å². The van der Waals surface area contributed by atoms with Gasteiger partial charge in [-0.25, -0.2) is 0 Å². The minimum atomic E-state index is -3.85. The van der Waals surface area contributed by atoms with Gasteiger partial charge in [0.25, 0.3) is 10.1 Å². The number of aromatic nitrogens is 2. The molecule has 1 aromatic rings. The van der Waals surface area contributed by atoms with Crippen LogP contribution in [0.15, 0.2) is 10.7 Å². The number of nitrogens with zero attached hydrogens (tertiary/aromatic N) is 2. The summed E-state index contributed by atoms with van der Waals surface area (Å²) in [5.74, 6) is 0.190. The fraction of sp³-hybridized carbons (Fsp3) is 0.571. The normalized spacial score (nSPS) is 11.9. The van der Waals surface area contributed by atoms with Crippen molar-refractivity contribution < 1.29 is 13.0 Å². The van der Waals surface area contributed by atoms with Gasteiger partial charge in [0, 0.05) is 12.7 Å². The Bertz CT molecular complexity index is 409. The van der Waals surface area contributed by atoms with Crippen molar-refractivity contribution in [1.29, 1.82) is 0 Å². The number of nitrogen functional groups attached to an aromatic ring is 1. The van der Waals surface area contributed by atoms with Crippen LogP contribution >= 0.6 is 15.9 Å². The lowest BCUT2D eigenvalue weighted by Gasteiger charge is -1.99. The molecule has 0 radical (unpaired) electrons. The van der Waals surface area contributed by atoms with Crippen molar-refractivity contribution in [3.8, 4) is 0 Å². The summed E-state index contributed by atoms with van der Waals surface area (Å²) in [6.07, 6.45) is 2.74. The Kier molecular flexibility index (Phi) is 4.12. The third-order valence-electron chi connectivity index (χ3n) is 1.78. The van der Waals surface area contributed by atoms with Gasteiger partial charge in [0.05, 0.1) is 10.2 Å². The summed E-state index contributed by atoms with van der Waals surface area (Å²) in [4.78, 5) is 0. The highest BCUT2D eigenvalue weighted by Gasteiger charge is 2.05. The van der Waals surface area contributed by atoms with E-state index in [1.165, 1.54) is 0 Å². The van der Waals surface area contributed by atoms with Crippen molar-refractivity contribution in [3.05, 3.63) is 10.7 Å². The minimum absolute atomic E-state index is 0.217. The molecular formula is C7H12BrN3O3S. The van der Waals surface area contributed by atoms with E-state index in [9.17, 15) is 8.42 Å². The third-order valence-corrected chi connectivity index (χ3v) is 3.20. The van der Waals surface area contributed by atoms with Crippen LogP contribution < -0.4 is 5.73 Å². The van der Waals surface area contributed by atoms with Crippen LogP contribution in [0.5, 0.6) is 0 Å². The molecule has 15 heavy (non-hydrogen) atoms. The van der Waals surface area contributed by atoms with E-state index in [1.807, 2.05) is 0 Å². The van der Waals surface area contributed by atoms with Crippen molar-refractivity contribution in [1.82, 2.24) is 9.78 Å². The van der Waals surface area contributed by atoms with Crippen LogP contribution in [0.3, 0.4) is 0 Å². The summed E-state index contributed by atoms with van der Waals surface area (Å²) in [6.45, 7) is 0.575. The van der Waals surface area contributed by atoms with Crippen LogP contribution in [0.2, 0.25) is 0 Å². The van der Waals surface area contributed by atoms with E-state index in [4.69, 9.17) is 10.3 Å². The smallest absolute Gasteiger partial charge is 0.264 e. The molecule has 1 heterocycles. The first-order valence-corrected chi connectivity index (χ1v) is 6.72. The van der Waals surface area contributed by atoms with Gasteiger partial charge in [-0.15, -0.1) is 0 Å². The number of nitrogens with two attached hydrogens (primary N) is 1. The van der Waals surface area contributed by atoms with Crippen molar-refractivity contribution >= 4 is 31.9 Å². The molecule has 86 valence electrons. The molecule has 1 rings (SSSR count). The number of hydrogen-bond donors (Lipinski definition) is 2. The highest BCUT2D eigenvalue weighted by atomic mass is 79.9. The van der Waals surface area contributed by atoms with Crippen molar-refractivity contribution in [3.63, 3.8) is 0 Å². The average molecular weight is 298 g/mol. The van der Waals surface area contributed by atoms with Gasteiger partial charge in [-0.3, -0.25) is 9.23 Å². The van der Waals surface area contributed by atoms with Gasteiger partial charge >= 0.3 is 0 Å². The molecule has 0 amide bonds. The molecule has 0 aliphatic heterocycles. The summed E-state index contributed by atoms with van der Waals surface area (Å²) >= 11 is 3.21. The van der Waals surface area contributed by atoms with E-state index < -0.39 is 10.1 Å². The lowest BCUT2D eigenvalue weighted by molar-refractivity contribution is 0.476. The Morgan fingerprint density at radius 1 is 1.53 bits per heavy atom. The fourth-order valence-electron chi connectivity index (χ4n) is 1.08. The Hall–Kier alpha value is -0.600. The molecular weight excluding hydrogens is 286 g/mol. The number of hydrogen-bond acceptors (Lipinski definition) is 4. The maximum Gasteiger partial charge on any atom is 0.264 e. The molecule has 1 aromatic heterocycles. The van der Waals surface area contributed by atoms with E-state index in [2.05, 4.69) is 21.0 Å². The first-order chi connectivity index (χ1) is 6.88. The molecule has 0 bridgehead atoms. The second-order valence-corrected chi connectivity index (χ2v) is 5.54. The Morgan fingerprint density at radius 3 is 2.67 bits per heavy atom. The van der Waals surface area contributed by atoms with E-state index in [0.717, 1.165) is 4.47 Å². The second-order valence-electron chi connectivity index (χ2n) is 3.12. The predicted octanol–water partition coefficient (Wildman–Crippen LogP) is 0.896. The van der Waals surface area contributed by atoms with Crippen LogP contribution in [0.4, 0.5) is 5.82 Å². The molecule has 3 N–H and O–H groups in total. The van der Waals surface area contributed by atoms with Gasteiger partial charge in [-0.05, 0) is 28.8 Å². The number of aryl methyl sites for hydroxylation is 1. The summed E-state index contributed by atoms with van der Waals surface area (Å²) < 4.78 is 31.6. The number of anilines is 1. The van der Waals surface area contributed by atoms with E-state index in [1.54, 1.807) is 10.9 Å². The number of rotatable bonds is 5. The molecule has 0 aromatic carbocycles. The van der Waals surface area contributed by atoms with E-state index >= 15 is 0 Å². The van der Waals surface area contributed by atoms with E-state index in [0.29, 0.717) is 25.2 Å². The SMILES string of the molecule is Nc1nn(CCCCS(=O)(=O)O)cc1Br. The zero-order valence-electron chi connectivity index (χ0n) is 7.93. The number of unbranched alkanes of at least 4 members (excludes halogenated alkanes) is 1. The van der Waals surface area contributed by atoms with Crippen LogP contribution in [0.25, 0.3) is 0 Å². The van der Waals surface area contributed by atoms with Crippen LogP contribution in [0.1, 0.15) is 12.8 Å². The summed E-state index contributed by atoms with van der Waals surface area (Å²) in [6, 6.07) is 0. The van der Waals surface area contributed by atoms with Gasteiger partial charge in [-0.2, -0.15) is 13.5 Å².